The van der Waals surface area contributed by atoms with Gasteiger partial charge in [-0.05, 0) is 128 Å². The first kappa shape index (κ1) is 65.6. The number of nitrogens with zero attached hydrogens (tertiary/aromatic N) is 6. The van der Waals surface area contributed by atoms with Crippen LogP contribution in [-0.4, -0.2) is 135 Å². The van der Waals surface area contributed by atoms with Crippen molar-refractivity contribution in [2.24, 2.45) is 20.7 Å². The predicted molar refractivity (Wildman–Crippen MR) is 301 cm³/mol. The van der Waals surface area contributed by atoms with Crippen LogP contribution in [0.15, 0.2) is 87.8 Å². The Hall–Kier alpha value is -6.64. The normalized spacial score (nSPS) is 22.1. The van der Waals surface area contributed by atoms with E-state index >= 15 is 0 Å². The number of hydrogen-bond donors (Lipinski definition) is 4. The zero-order chi connectivity index (χ0) is 59.8. The number of rotatable bonds is 7. The molecule has 2 amide bonds. The molecule has 3 aromatic rings. The highest BCUT2D eigenvalue weighted by Crippen LogP contribution is 2.35. The van der Waals surface area contributed by atoms with Gasteiger partial charge in [0.15, 0.2) is 0 Å². The number of nitrogens with two attached hydrogens (primary N) is 2. The van der Waals surface area contributed by atoms with E-state index in [4.69, 9.17) is 20.9 Å². The molecule has 0 fully saturated rings. The Balaban J connectivity index is 0.000000299. The number of guanidine groups is 3. The highest BCUT2D eigenvalue weighted by molar-refractivity contribution is 7.90. The average molecular weight is 1170 g/mol. The lowest BCUT2D eigenvalue weighted by molar-refractivity contribution is -0.117. The molecule has 3 aromatic carbocycles. The quantitative estimate of drug-likeness (QED) is 0.174. The predicted octanol–water partition coefficient (Wildman–Crippen LogP) is 5.22. The Morgan fingerprint density at radius 3 is 1.18 bits per heavy atom. The Bertz CT molecular complexity index is 3210. The summed E-state index contributed by atoms with van der Waals surface area (Å²) < 4.78 is 88.1. The van der Waals surface area contributed by atoms with Crippen molar-refractivity contribution >= 4 is 94.2 Å². The Kier molecular flexibility index (Phi) is 21.0. The molecule has 6 N–H and O–H groups in total. The smallest absolute Gasteiger partial charge is 0.414 e. The van der Waals surface area contributed by atoms with Gasteiger partial charge in [0, 0.05) is 46.6 Å². The van der Waals surface area contributed by atoms with E-state index < -0.39 is 70.1 Å². The summed E-state index contributed by atoms with van der Waals surface area (Å²) in [6.07, 6.45) is -0.994. The number of carbonyl (C=O) groups is 5. The Morgan fingerprint density at radius 2 is 0.872 bits per heavy atom. The number of nitrogen functional groups attached to an aromatic ring is 1. The number of carbonyl (C=O) groups excluding carboxylic acids is 5. The molecule has 3 aliphatic rings. The van der Waals surface area contributed by atoms with Crippen LogP contribution in [0.4, 0.5) is 15.3 Å². The van der Waals surface area contributed by atoms with Crippen molar-refractivity contribution < 1.29 is 58.7 Å². The molecule has 0 unspecified atom stereocenters. The molecule has 0 aliphatic carbocycles. The number of hydrogen-bond acceptors (Lipinski definition) is 18. The molecule has 0 aromatic heterocycles. The highest BCUT2D eigenvalue weighted by Gasteiger charge is 2.44. The van der Waals surface area contributed by atoms with Crippen LogP contribution in [0.5, 0.6) is 0 Å². The summed E-state index contributed by atoms with van der Waals surface area (Å²) in [4.78, 5) is 69.3. The second-order valence-electron chi connectivity index (χ2n) is 21.3. The van der Waals surface area contributed by atoms with Gasteiger partial charge in [-0.25, -0.2) is 62.7 Å². The molecule has 6 rings (SSSR count). The molecule has 3 atom stereocenters. The van der Waals surface area contributed by atoms with Gasteiger partial charge in [0.2, 0.25) is 53.2 Å². The van der Waals surface area contributed by atoms with Gasteiger partial charge in [-0.2, -0.15) is 0 Å². The number of benzene rings is 3. The van der Waals surface area contributed by atoms with Crippen molar-refractivity contribution in [1.82, 2.24) is 23.5 Å². The number of nitrogens with one attached hydrogen (secondary N) is 2. The fourth-order valence-electron chi connectivity index (χ4n) is 7.72. The maximum absolute atomic E-state index is 12.7. The minimum atomic E-state index is -3.73. The summed E-state index contributed by atoms with van der Waals surface area (Å²) in [6.45, 7) is 19.7. The third kappa shape index (κ3) is 19.1. The number of alkyl carbamates (subject to hydrolysis) is 2. The zero-order valence-corrected chi connectivity index (χ0v) is 49.9. The monoisotopic (exact) mass is 1160 g/mol. The van der Waals surface area contributed by atoms with E-state index in [9.17, 15) is 49.2 Å². The van der Waals surface area contributed by atoms with Crippen molar-refractivity contribution in [3.8, 4) is 0 Å². The molecule has 78 heavy (non-hydrogen) atoms. The largest absolute Gasteiger partial charge is 0.444 e. The van der Waals surface area contributed by atoms with E-state index in [-0.39, 0.29) is 58.4 Å². The van der Waals surface area contributed by atoms with Crippen LogP contribution in [0.2, 0.25) is 0 Å². The fraction of sp³-hybridized carbons (Fsp3) is 0.490. The lowest BCUT2D eigenvalue weighted by Gasteiger charge is -2.36. The van der Waals surface area contributed by atoms with Gasteiger partial charge in [-0.1, -0.05) is 60.7 Å². The molecule has 27 heteroatoms. The minimum Gasteiger partial charge on any atom is -0.444 e. The fourth-order valence-corrected chi connectivity index (χ4v) is 12.1. The Labute approximate surface area is 463 Å². The van der Waals surface area contributed by atoms with Crippen molar-refractivity contribution in [1.29, 1.82) is 0 Å². The number of ether oxygens (including phenoxy) is 2. The van der Waals surface area contributed by atoms with Crippen LogP contribution in [0.3, 0.4) is 0 Å². The molecule has 0 spiro atoms. The zero-order valence-electron chi connectivity index (χ0n) is 46.7. The first-order valence-corrected chi connectivity index (χ1v) is 29.3. The van der Waals surface area contributed by atoms with Crippen molar-refractivity contribution in [3.05, 3.63) is 101 Å². The summed E-state index contributed by atoms with van der Waals surface area (Å²) in [5.74, 6) is -0.823. The van der Waals surface area contributed by atoms with E-state index in [2.05, 4.69) is 37.2 Å². The molecule has 23 nitrogen and oxygen atoms in total. The molecule has 3 heterocycles. The molecular weight excluding hydrogens is 1090 g/mol. The van der Waals surface area contributed by atoms with Crippen molar-refractivity contribution in [2.75, 3.05) is 44.1 Å². The highest BCUT2D eigenvalue weighted by atomic mass is 35.5. The van der Waals surface area contributed by atoms with E-state index in [0.717, 1.165) is 29.6 Å². The number of halogens is 1. The van der Waals surface area contributed by atoms with E-state index in [1.54, 1.807) is 123 Å². The van der Waals surface area contributed by atoms with Gasteiger partial charge in [0.25, 0.3) is 0 Å². The van der Waals surface area contributed by atoms with Gasteiger partial charge in [-0.15, -0.1) is 0 Å². The molecular formula is C51H73ClN10O13S3. The van der Waals surface area contributed by atoms with Crippen LogP contribution in [0, 0.1) is 0 Å². The SMILES string of the molecule is CC(=O)Cc1cccc([C@]2(C)CS(=O)(=O)N(C)C(N)=N2)c1.CC(=O)Cc1cccc([C@]2(C)CS(=O)(=O)N(C)C(NC(=O)OC(C)(C)C)=N2)c1.CC(=O)Cl.CN1C(NC(=O)OC(C)(C)C)=N[C@](C)(c2cccc(N)c2)CS1(=O)=O. The van der Waals surface area contributed by atoms with Gasteiger partial charge >= 0.3 is 12.2 Å². The third-order valence-corrected chi connectivity index (χ3v) is 17.2. The Morgan fingerprint density at radius 1 is 0.564 bits per heavy atom. The number of amides is 2. The average Bonchev–Trinajstić information content (AvgIpc) is 3.25. The number of anilines is 1. The second-order valence-corrected chi connectivity index (χ2v) is 27.9. The topological polar surface area (TPSA) is 329 Å². The maximum atomic E-state index is 12.7. The van der Waals surface area contributed by atoms with Gasteiger partial charge < -0.3 is 20.9 Å². The standard InChI is InChI=1S/C19H27N3O5S.C16H24N4O4S.C14H19N3O3S.C2H3ClO/c1-13(23)10-14-8-7-9-15(11-14)19(5)12-28(25,26)22(6)16(21-19)20-17(24)27-18(2,3)4;1-15(2,3)24-14(21)18-13-19-16(4,10-25(22,23)20(13)5)11-7-6-8-12(17)9-11;1-10(18)7-11-5-4-6-12(8-11)14(2)9-21(19,20)17(3)13(15)16-14;1-2(3)4/h7-9,11H,10,12H2,1-6H3,(H,20,21,24);6-9H,10,17H2,1-5H3,(H,18,19,21);4-6,8H,7,9H2,1-3H3,(H2,15,16);1H3/t19-;16-;14-;/m000./s1. The first-order chi connectivity index (χ1) is 35.4. The summed E-state index contributed by atoms with van der Waals surface area (Å²) in [7, 11) is -6.84. The summed E-state index contributed by atoms with van der Waals surface area (Å²) >= 11 is 4.64. The van der Waals surface area contributed by atoms with Gasteiger partial charge in [0.1, 0.15) is 39.4 Å². The number of sulfonamides is 3. The summed E-state index contributed by atoms with van der Waals surface area (Å²) in [5.41, 5.74) is 11.1. The number of ketones is 2. The minimum absolute atomic E-state index is 0.00841. The summed E-state index contributed by atoms with van der Waals surface area (Å²) in [5, 5.41) is 4.50. The second kappa shape index (κ2) is 25.0. The van der Waals surface area contributed by atoms with Crippen LogP contribution < -0.4 is 22.1 Å². The maximum Gasteiger partial charge on any atom is 0.414 e. The van der Waals surface area contributed by atoms with Gasteiger partial charge in [-0.3, -0.25) is 25.0 Å². The van der Waals surface area contributed by atoms with Gasteiger partial charge in [0.05, 0.1) is 17.3 Å². The molecule has 430 valence electrons. The molecule has 0 radical (unpaired) electrons. The number of Topliss-reactive ketones (excluding diaryl/α,β-unsaturated/α-hetero) is 2. The molecule has 0 bridgehead atoms. The lowest BCUT2D eigenvalue weighted by atomic mass is 9.92. The van der Waals surface area contributed by atoms with E-state index in [1.165, 1.54) is 41.9 Å². The van der Waals surface area contributed by atoms with Crippen molar-refractivity contribution in [3.63, 3.8) is 0 Å². The number of aliphatic imine (C=N–C) groups is 3. The van der Waals surface area contributed by atoms with Crippen LogP contribution in [0.25, 0.3) is 0 Å². The van der Waals surface area contributed by atoms with E-state index in [0.29, 0.717) is 23.2 Å². The molecule has 3 aliphatic heterocycles. The molecule has 0 saturated carbocycles. The third-order valence-electron chi connectivity index (χ3n) is 11.4. The lowest BCUT2D eigenvalue weighted by Crippen LogP contribution is -2.54. The van der Waals surface area contributed by atoms with Crippen LogP contribution in [0.1, 0.15) is 111 Å². The first-order valence-electron chi connectivity index (χ1n) is 24.1. The van der Waals surface area contributed by atoms with Crippen LogP contribution in [-0.2, 0) is 83.4 Å². The van der Waals surface area contributed by atoms with Crippen molar-refractivity contribution in [2.45, 2.75) is 124 Å². The summed E-state index contributed by atoms with van der Waals surface area (Å²) in [6, 6.07) is 21.2. The van der Waals surface area contributed by atoms with Crippen LogP contribution >= 0.6 is 11.6 Å². The van der Waals surface area contributed by atoms with E-state index in [1.807, 2.05) is 12.1 Å². The molecule has 0 saturated heterocycles.